The number of thiocarbonyl (C=S) groups is 2. The van der Waals surface area contributed by atoms with Crippen LogP contribution in [0, 0.1) is 10.1 Å². The minimum atomic E-state index is -0.482. The SMILES string of the molecule is CCc1ccc(NC(=S)NNC(=S)Nc2ccccc2[N+](=O)[O-])cc1. The van der Waals surface area contributed by atoms with E-state index in [1.165, 1.54) is 11.6 Å². The standard InChI is InChI=1S/C16H17N5O2S2/c1-2-11-7-9-12(10-8-11)17-15(24)19-20-16(25)18-13-5-3-4-6-14(13)21(22)23/h3-10H,2H2,1H3,(H2,17,19,24)(H2,18,20,25). The summed E-state index contributed by atoms with van der Waals surface area (Å²) in [7, 11) is 0. The van der Waals surface area contributed by atoms with Gasteiger partial charge in [-0.05, 0) is 54.6 Å². The number of aryl methyl sites for hydroxylation is 1. The minimum absolute atomic E-state index is 0.0663. The maximum atomic E-state index is 11.0. The zero-order valence-electron chi connectivity index (χ0n) is 13.4. The molecule has 0 bridgehead atoms. The van der Waals surface area contributed by atoms with Crippen LogP contribution < -0.4 is 21.5 Å². The second kappa shape index (κ2) is 8.90. The van der Waals surface area contributed by atoms with E-state index in [4.69, 9.17) is 24.4 Å². The molecular weight excluding hydrogens is 358 g/mol. The molecule has 7 nitrogen and oxygen atoms in total. The molecular formula is C16H17N5O2S2. The predicted octanol–water partition coefficient (Wildman–Crippen LogP) is 3.35. The van der Waals surface area contributed by atoms with E-state index in [-0.39, 0.29) is 10.8 Å². The van der Waals surface area contributed by atoms with Crippen molar-refractivity contribution in [2.75, 3.05) is 10.6 Å². The molecule has 25 heavy (non-hydrogen) atoms. The molecule has 0 amide bonds. The topological polar surface area (TPSA) is 91.3 Å². The molecule has 2 aromatic rings. The number of nitro groups is 1. The van der Waals surface area contributed by atoms with Crippen molar-refractivity contribution < 1.29 is 4.92 Å². The largest absolute Gasteiger partial charge is 0.331 e. The number of benzene rings is 2. The molecule has 0 aliphatic rings. The fourth-order valence-corrected chi connectivity index (χ4v) is 2.32. The first-order valence-corrected chi connectivity index (χ1v) is 8.27. The Kier molecular flexibility index (Phi) is 6.61. The number of hydrogen-bond acceptors (Lipinski definition) is 4. The van der Waals surface area contributed by atoms with E-state index in [0.29, 0.717) is 10.8 Å². The van der Waals surface area contributed by atoms with Gasteiger partial charge in [0.05, 0.1) is 4.92 Å². The van der Waals surface area contributed by atoms with Crippen LogP contribution in [0.25, 0.3) is 0 Å². The molecule has 0 heterocycles. The molecule has 130 valence electrons. The number of rotatable bonds is 4. The lowest BCUT2D eigenvalue weighted by Gasteiger charge is -2.14. The molecule has 0 aliphatic carbocycles. The zero-order valence-corrected chi connectivity index (χ0v) is 15.0. The van der Waals surface area contributed by atoms with E-state index in [1.807, 2.05) is 24.3 Å². The van der Waals surface area contributed by atoms with Gasteiger partial charge in [-0.2, -0.15) is 0 Å². The highest BCUT2D eigenvalue weighted by Crippen LogP contribution is 2.22. The Morgan fingerprint density at radius 2 is 1.60 bits per heavy atom. The molecule has 0 saturated heterocycles. The van der Waals surface area contributed by atoms with Crippen molar-refractivity contribution >= 4 is 51.7 Å². The summed E-state index contributed by atoms with van der Waals surface area (Å²) < 4.78 is 0. The number of nitrogens with one attached hydrogen (secondary N) is 4. The minimum Gasteiger partial charge on any atom is -0.331 e. The number of anilines is 2. The van der Waals surface area contributed by atoms with E-state index in [0.717, 1.165) is 12.1 Å². The number of para-hydroxylation sites is 2. The predicted molar refractivity (Wildman–Crippen MR) is 108 cm³/mol. The van der Waals surface area contributed by atoms with Gasteiger partial charge in [0.25, 0.3) is 5.69 Å². The summed E-state index contributed by atoms with van der Waals surface area (Å²) in [5.74, 6) is 0. The lowest BCUT2D eigenvalue weighted by molar-refractivity contribution is -0.383. The normalized spacial score (nSPS) is 9.80. The van der Waals surface area contributed by atoms with Gasteiger partial charge in [-0.3, -0.25) is 21.0 Å². The number of nitrogens with zero attached hydrogens (tertiary/aromatic N) is 1. The Morgan fingerprint density at radius 3 is 2.20 bits per heavy atom. The maximum Gasteiger partial charge on any atom is 0.292 e. The van der Waals surface area contributed by atoms with E-state index >= 15 is 0 Å². The van der Waals surface area contributed by atoms with Gasteiger partial charge in [-0.25, -0.2) is 0 Å². The van der Waals surface area contributed by atoms with Gasteiger partial charge in [0, 0.05) is 11.8 Å². The van der Waals surface area contributed by atoms with Crippen molar-refractivity contribution in [2.45, 2.75) is 13.3 Å². The van der Waals surface area contributed by atoms with Crippen molar-refractivity contribution in [1.82, 2.24) is 10.9 Å². The quantitative estimate of drug-likeness (QED) is 0.367. The van der Waals surface area contributed by atoms with Crippen molar-refractivity contribution in [3.05, 3.63) is 64.2 Å². The molecule has 0 radical (unpaired) electrons. The number of hydrogen-bond donors (Lipinski definition) is 4. The van der Waals surface area contributed by atoms with E-state index in [2.05, 4.69) is 28.4 Å². The third-order valence-electron chi connectivity index (χ3n) is 3.26. The van der Waals surface area contributed by atoms with Crippen LogP contribution >= 0.6 is 24.4 Å². The van der Waals surface area contributed by atoms with Crippen LogP contribution in [0.1, 0.15) is 12.5 Å². The molecule has 0 spiro atoms. The smallest absolute Gasteiger partial charge is 0.292 e. The molecule has 0 aromatic heterocycles. The van der Waals surface area contributed by atoms with Crippen LogP contribution in [0.5, 0.6) is 0 Å². The highest BCUT2D eigenvalue weighted by atomic mass is 32.1. The Morgan fingerprint density at radius 1 is 1.00 bits per heavy atom. The first kappa shape index (κ1) is 18.6. The monoisotopic (exact) mass is 375 g/mol. The van der Waals surface area contributed by atoms with Crippen LogP contribution in [0.4, 0.5) is 17.1 Å². The van der Waals surface area contributed by atoms with E-state index in [9.17, 15) is 10.1 Å². The first-order valence-electron chi connectivity index (χ1n) is 7.46. The van der Waals surface area contributed by atoms with Crippen LogP contribution in [0.3, 0.4) is 0 Å². The summed E-state index contributed by atoms with van der Waals surface area (Å²) in [6, 6.07) is 14.1. The second-order valence-electron chi connectivity index (χ2n) is 4.98. The van der Waals surface area contributed by atoms with Gasteiger partial charge >= 0.3 is 0 Å². The Hall–Kier alpha value is -2.78. The van der Waals surface area contributed by atoms with Gasteiger partial charge in [0.1, 0.15) is 5.69 Å². The zero-order chi connectivity index (χ0) is 18.2. The summed E-state index contributed by atoms with van der Waals surface area (Å²) >= 11 is 10.3. The van der Waals surface area contributed by atoms with Gasteiger partial charge in [-0.15, -0.1) is 0 Å². The molecule has 0 aliphatic heterocycles. The highest BCUT2D eigenvalue weighted by molar-refractivity contribution is 7.81. The van der Waals surface area contributed by atoms with Crippen molar-refractivity contribution in [1.29, 1.82) is 0 Å². The highest BCUT2D eigenvalue weighted by Gasteiger charge is 2.13. The van der Waals surface area contributed by atoms with Gasteiger partial charge in [-0.1, -0.05) is 31.2 Å². The third kappa shape index (κ3) is 5.66. The van der Waals surface area contributed by atoms with Gasteiger partial charge in [0.2, 0.25) is 0 Å². The second-order valence-corrected chi connectivity index (χ2v) is 5.80. The van der Waals surface area contributed by atoms with Crippen molar-refractivity contribution in [2.24, 2.45) is 0 Å². The lowest BCUT2D eigenvalue weighted by Crippen LogP contribution is -2.45. The van der Waals surface area contributed by atoms with E-state index < -0.39 is 4.92 Å². The van der Waals surface area contributed by atoms with E-state index in [1.54, 1.807) is 18.2 Å². The van der Waals surface area contributed by atoms with Gasteiger partial charge < -0.3 is 10.6 Å². The molecule has 0 atom stereocenters. The maximum absolute atomic E-state index is 11.0. The average molecular weight is 375 g/mol. The number of nitro benzene ring substituents is 1. The Balaban J connectivity index is 1.85. The summed E-state index contributed by atoms with van der Waals surface area (Å²) in [6.07, 6.45) is 0.968. The summed E-state index contributed by atoms with van der Waals surface area (Å²) in [6.45, 7) is 2.09. The summed E-state index contributed by atoms with van der Waals surface area (Å²) in [4.78, 5) is 10.5. The summed E-state index contributed by atoms with van der Waals surface area (Å²) in [5, 5.41) is 17.2. The van der Waals surface area contributed by atoms with Crippen LogP contribution in [0.15, 0.2) is 48.5 Å². The fraction of sp³-hybridized carbons (Fsp3) is 0.125. The van der Waals surface area contributed by atoms with Crippen LogP contribution in [0.2, 0.25) is 0 Å². The van der Waals surface area contributed by atoms with Gasteiger partial charge in [0.15, 0.2) is 10.2 Å². The molecule has 0 fully saturated rings. The molecule has 0 saturated carbocycles. The third-order valence-corrected chi connectivity index (χ3v) is 3.67. The summed E-state index contributed by atoms with van der Waals surface area (Å²) in [5.41, 5.74) is 7.71. The first-order chi connectivity index (χ1) is 12.0. The molecule has 2 rings (SSSR count). The van der Waals surface area contributed by atoms with Crippen LogP contribution in [-0.2, 0) is 6.42 Å². The molecule has 2 aromatic carbocycles. The average Bonchev–Trinajstić information content (AvgIpc) is 2.61. The Bertz CT molecular complexity index is 780. The van der Waals surface area contributed by atoms with Crippen molar-refractivity contribution in [3.8, 4) is 0 Å². The molecule has 4 N–H and O–H groups in total. The van der Waals surface area contributed by atoms with Crippen molar-refractivity contribution in [3.63, 3.8) is 0 Å². The number of hydrazine groups is 1. The lowest BCUT2D eigenvalue weighted by atomic mass is 10.1. The fourth-order valence-electron chi connectivity index (χ4n) is 1.99. The Labute approximate surface area is 155 Å². The molecule has 9 heteroatoms. The van der Waals surface area contributed by atoms with Crippen LogP contribution in [-0.4, -0.2) is 15.1 Å². The molecule has 0 unspecified atom stereocenters.